The number of aromatic nitrogens is 4. The first-order chi connectivity index (χ1) is 19.4. The van der Waals surface area contributed by atoms with Crippen LogP contribution in [0.5, 0.6) is 5.88 Å². The number of H-pyrrole nitrogens is 1. The van der Waals surface area contributed by atoms with Crippen LogP contribution in [-0.4, -0.2) is 79.5 Å². The summed E-state index contributed by atoms with van der Waals surface area (Å²) in [4.78, 5) is 23.4. The predicted octanol–water partition coefficient (Wildman–Crippen LogP) is 4.73. The average Bonchev–Trinajstić information content (AvgIpc) is 3.36. The van der Waals surface area contributed by atoms with Crippen molar-refractivity contribution in [1.29, 1.82) is 0 Å². The third-order valence-corrected chi connectivity index (χ3v) is 8.79. The number of rotatable bonds is 9. The molecule has 3 N–H and O–H groups in total. The molecule has 3 aliphatic rings. The summed E-state index contributed by atoms with van der Waals surface area (Å²) in [7, 11) is 0. The number of fused-ring (bicyclic) bond motifs is 1. The third kappa shape index (κ3) is 5.65. The number of likely N-dealkylation sites (tertiary alicyclic amines) is 1. The molecular weight excluding hydrogens is 506 g/mol. The van der Waals surface area contributed by atoms with Gasteiger partial charge in [0.1, 0.15) is 0 Å². The maximum absolute atomic E-state index is 13.0. The van der Waals surface area contributed by atoms with Gasteiger partial charge in [0.2, 0.25) is 0 Å². The smallest absolute Gasteiger partial charge is 0.251 e. The van der Waals surface area contributed by atoms with Crippen molar-refractivity contribution in [3.05, 3.63) is 35.5 Å². The van der Waals surface area contributed by atoms with E-state index < -0.39 is 0 Å². The highest BCUT2D eigenvalue weighted by Crippen LogP contribution is 2.40. The molecule has 0 radical (unpaired) electrons. The average molecular weight is 548 g/mol. The molecule has 2 aliphatic heterocycles. The molecule has 1 amide bonds. The highest BCUT2D eigenvalue weighted by molar-refractivity contribution is 6.14. The van der Waals surface area contributed by atoms with Crippen LogP contribution in [0.15, 0.2) is 29.4 Å². The first-order valence-corrected chi connectivity index (χ1v) is 14.9. The number of carbonyl (C=O) groups excluding carboxylic acids is 1. The molecule has 0 bridgehead atoms. The monoisotopic (exact) mass is 547 g/mol. The largest absolute Gasteiger partial charge is 0.494 e. The molecule has 0 spiro atoms. The standard InChI is InChI=1S/C30H41N7O3/c1-4-24(32-27-17-37(35-34-27)21-11-13-36(14-12-21)18(2)3)28-23-15-20(7-9-25(23)33-30(28)39)29(38)31-16-22-8-10-26(40-22)19-5-6-19/h7,9,15,17-19,21-22,26,33,39H,4-6,8,10-14,16H2,1-3H3,(H,31,38)/b32-24+. The topological polar surface area (TPSA) is 121 Å². The number of nitrogens with one attached hydrogen (secondary N) is 2. The molecule has 6 rings (SSSR count). The first-order valence-electron chi connectivity index (χ1n) is 14.9. The molecule has 2 atom stereocenters. The van der Waals surface area contributed by atoms with Gasteiger partial charge in [-0.2, -0.15) is 0 Å². The Hall–Kier alpha value is -3.24. The number of aromatic amines is 1. The molecule has 2 unspecified atom stereocenters. The van der Waals surface area contributed by atoms with E-state index >= 15 is 0 Å². The zero-order chi connectivity index (χ0) is 27.8. The van der Waals surface area contributed by atoms with Crippen LogP contribution in [-0.2, 0) is 4.74 Å². The van der Waals surface area contributed by atoms with Crippen LogP contribution in [0.3, 0.4) is 0 Å². The molecular formula is C30H41N7O3. The van der Waals surface area contributed by atoms with Crippen molar-refractivity contribution in [1.82, 2.24) is 30.2 Å². The molecule has 2 aromatic heterocycles. The van der Waals surface area contributed by atoms with E-state index in [1.807, 2.05) is 29.9 Å². The number of ether oxygens (including phenoxy) is 1. The maximum atomic E-state index is 13.0. The number of hydrogen-bond acceptors (Lipinski definition) is 7. The van der Waals surface area contributed by atoms with Crippen LogP contribution in [0.25, 0.3) is 10.9 Å². The summed E-state index contributed by atoms with van der Waals surface area (Å²) >= 11 is 0. The van der Waals surface area contributed by atoms with Crippen LogP contribution >= 0.6 is 0 Å². The molecule has 214 valence electrons. The second-order valence-corrected chi connectivity index (χ2v) is 11.9. The summed E-state index contributed by atoms with van der Waals surface area (Å²) in [5.41, 5.74) is 2.57. The van der Waals surface area contributed by atoms with E-state index in [-0.39, 0.29) is 17.9 Å². The summed E-state index contributed by atoms with van der Waals surface area (Å²) in [5, 5.41) is 23.3. The first kappa shape index (κ1) is 27.0. The van der Waals surface area contributed by atoms with E-state index in [1.165, 1.54) is 12.8 Å². The van der Waals surface area contributed by atoms with Gasteiger partial charge in [0, 0.05) is 42.1 Å². The minimum atomic E-state index is -0.145. The van der Waals surface area contributed by atoms with Gasteiger partial charge in [-0.1, -0.05) is 12.1 Å². The van der Waals surface area contributed by atoms with Crippen molar-refractivity contribution in [3.63, 3.8) is 0 Å². The van der Waals surface area contributed by atoms with Gasteiger partial charge < -0.3 is 25.0 Å². The van der Waals surface area contributed by atoms with Crippen molar-refractivity contribution in [2.75, 3.05) is 19.6 Å². The highest BCUT2D eigenvalue weighted by Gasteiger charge is 2.37. The van der Waals surface area contributed by atoms with Gasteiger partial charge >= 0.3 is 0 Å². The number of aliphatic imine (C=N–C) groups is 1. The van der Waals surface area contributed by atoms with E-state index in [0.29, 0.717) is 53.8 Å². The lowest BCUT2D eigenvalue weighted by Crippen LogP contribution is -2.39. The van der Waals surface area contributed by atoms with Crippen molar-refractivity contribution in [3.8, 4) is 5.88 Å². The number of piperidine rings is 1. The fraction of sp³-hybridized carbons (Fsp3) is 0.600. The molecule has 4 heterocycles. The molecule has 10 heteroatoms. The lowest BCUT2D eigenvalue weighted by molar-refractivity contribution is 0.0327. The number of nitrogens with zero attached hydrogens (tertiary/aromatic N) is 5. The maximum Gasteiger partial charge on any atom is 0.251 e. The van der Waals surface area contributed by atoms with Gasteiger partial charge in [-0.05, 0) is 82.9 Å². The number of amides is 1. The van der Waals surface area contributed by atoms with E-state index in [0.717, 1.165) is 55.6 Å². The van der Waals surface area contributed by atoms with Crippen LogP contribution in [0.2, 0.25) is 0 Å². The summed E-state index contributed by atoms with van der Waals surface area (Å²) in [5.74, 6) is 1.14. The normalized spacial score (nSPS) is 22.9. The van der Waals surface area contributed by atoms with Crippen molar-refractivity contribution in [2.45, 2.75) is 90.0 Å². The van der Waals surface area contributed by atoms with Gasteiger partial charge in [-0.15, -0.1) is 5.10 Å². The number of aromatic hydroxyl groups is 1. The lowest BCUT2D eigenvalue weighted by Gasteiger charge is -2.34. The van der Waals surface area contributed by atoms with Gasteiger partial charge in [0.05, 0.1) is 35.7 Å². The Morgan fingerprint density at radius 3 is 2.73 bits per heavy atom. The molecule has 1 aliphatic carbocycles. The minimum absolute atomic E-state index is 0.0343. The Labute approximate surface area is 235 Å². The molecule has 40 heavy (non-hydrogen) atoms. The third-order valence-electron chi connectivity index (χ3n) is 8.79. The van der Waals surface area contributed by atoms with Gasteiger partial charge in [0.15, 0.2) is 11.7 Å². The van der Waals surface area contributed by atoms with E-state index in [9.17, 15) is 9.90 Å². The van der Waals surface area contributed by atoms with Crippen molar-refractivity contribution >= 4 is 28.3 Å². The van der Waals surface area contributed by atoms with E-state index in [1.54, 1.807) is 6.07 Å². The number of benzene rings is 1. The van der Waals surface area contributed by atoms with E-state index in [4.69, 9.17) is 9.73 Å². The van der Waals surface area contributed by atoms with Crippen molar-refractivity contribution < 1.29 is 14.6 Å². The molecule has 1 saturated carbocycles. The Morgan fingerprint density at radius 1 is 1.20 bits per heavy atom. The fourth-order valence-corrected chi connectivity index (χ4v) is 6.23. The van der Waals surface area contributed by atoms with E-state index in [2.05, 4.69) is 39.4 Å². The zero-order valence-electron chi connectivity index (χ0n) is 23.8. The molecule has 1 aromatic carbocycles. The zero-order valence-corrected chi connectivity index (χ0v) is 23.8. The van der Waals surface area contributed by atoms with Crippen LogP contribution in [0.4, 0.5) is 5.82 Å². The summed E-state index contributed by atoms with van der Waals surface area (Å²) in [6.07, 6.45) is 9.63. The molecule has 3 fully saturated rings. The summed E-state index contributed by atoms with van der Waals surface area (Å²) in [6, 6.07) is 6.30. The molecule has 3 aromatic rings. The minimum Gasteiger partial charge on any atom is -0.494 e. The van der Waals surface area contributed by atoms with Crippen LogP contribution in [0.1, 0.15) is 87.7 Å². The quantitative estimate of drug-likeness (QED) is 0.333. The predicted molar refractivity (Wildman–Crippen MR) is 154 cm³/mol. The van der Waals surface area contributed by atoms with Gasteiger partial charge in [-0.25, -0.2) is 9.67 Å². The lowest BCUT2D eigenvalue weighted by atomic mass is 10.0. The fourth-order valence-electron chi connectivity index (χ4n) is 6.23. The highest BCUT2D eigenvalue weighted by atomic mass is 16.5. The van der Waals surface area contributed by atoms with Gasteiger partial charge in [-0.3, -0.25) is 4.79 Å². The van der Waals surface area contributed by atoms with Crippen molar-refractivity contribution in [2.24, 2.45) is 10.9 Å². The second kappa shape index (κ2) is 11.3. The van der Waals surface area contributed by atoms with Crippen LogP contribution < -0.4 is 5.32 Å². The summed E-state index contributed by atoms with van der Waals surface area (Å²) < 4.78 is 8.07. The SMILES string of the molecule is CC/C(=N\c1cn(C2CCN(C(C)C)CC2)nn1)c1c(O)[nH]c2ccc(C(=O)NCC3CCC(C4CC4)O3)cc12. The summed E-state index contributed by atoms with van der Waals surface area (Å²) in [6.45, 7) is 9.08. The Morgan fingerprint density at radius 2 is 2.00 bits per heavy atom. The number of hydrogen-bond donors (Lipinski definition) is 3. The Balaban J connectivity index is 1.17. The Kier molecular flexibility index (Phi) is 7.63. The number of carbonyl (C=O) groups is 1. The molecule has 10 nitrogen and oxygen atoms in total. The Bertz CT molecular complexity index is 1380. The van der Waals surface area contributed by atoms with Crippen LogP contribution in [0, 0.1) is 5.92 Å². The van der Waals surface area contributed by atoms with Gasteiger partial charge in [0.25, 0.3) is 5.91 Å². The second-order valence-electron chi connectivity index (χ2n) is 11.9. The molecule has 2 saturated heterocycles.